The molecule has 7 N–H and O–H groups in total. The molecule has 0 bridgehead atoms. The molecule has 0 fully saturated rings. The predicted molar refractivity (Wildman–Crippen MR) is 117 cm³/mol. The number of alkyl halides is 6. The van der Waals surface area contributed by atoms with E-state index < -0.39 is 66.1 Å². The topological polar surface area (TPSA) is 194 Å². The number of methoxy groups -OCH3 is 1. The van der Waals surface area contributed by atoms with Crippen LogP contribution in [0.3, 0.4) is 0 Å². The molecule has 0 saturated heterocycles. The van der Waals surface area contributed by atoms with Gasteiger partial charge in [-0.05, 0) is 26.7 Å². The first-order valence-electron chi connectivity index (χ1n) is 10.9. The minimum atomic E-state index is -5.16. The number of carbonyl (C=O) groups excluding carboxylic acids is 2. The Labute approximate surface area is 215 Å². The third-order valence-electron chi connectivity index (χ3n) is 5.77. The summed E-state index contributed by atoms with van der Waals surface area (Å²) < 4.78 is 80.1. The summed E-state index contributed by atoms with van der Waals surface area (Å²) in [4.78, 5) is 21.4. The maximum absolute atomic E-state index is 12.3. The summed E-state index contributed by atoms with van der Waals surface area (Å²) in [5.41, 5.74) is -8.91. The van der Waals surface area contributed by atoms with Crippen molar-refractivity contribution in [3.63, 3.8) is 0 Å². The summed E-state index contributed by atoms with van der Waals surface area (Å²) in [5, 5.41) is 61.5. The van der Waals surface area contributed by atoms with Crippen molar-refractivity contribution in [3.05, 3.63) is 0 Å². The second-order valence-corrected chi connectivity index (χ2v) is 8.71. The molecule has 38 heavy (non-hydrogen) atoms. The molecule has 230 valence electrons. The van der Waals surface area contributed by atoms with Gasteiger partial charge in [-0.25, -0.2) is 9.59 Å². The summed E-state index contributed by atoms with van der Waals surface area (Å²) in [7, 11) is 0.766. The van der Waals surface area contributed by atoms with Crippen molar-refractivity contribution in [2.24, 2.45) is 10.8 Å². The van der Waals surface area contributed by atoms with E-state index in [0.29, 0.717) is 13.3 Å². The van der Waals surface area contributed by atoms with Crippen LogP contribution in [-0.2, 0) is 19.1 Å². The first kappa shape index (κ1) is 40.7. The van der Waals surface area contributed by atoms with Gasteiger partial charge < -0.3 is 45.2 Å². The monoisotopic (exact) mass is 580 g/mol. The van der Waals surface area contributed by atoms with Gasteiger partial charge in [-0.1, -0.05) is 13.8 Å². The van der Waals surface area contributed by atoms with Gasteiger partial charge in [0.25, 0.3) is 11.2 Å². The molecule has 0 aromatic rings. The molecule has 0 aromatic carbocycles. The van der Waals surface area contributed by atoms with Gasteiger partial charge in [0.2, 0.25) is 0 Å². The maximum atomic E-state index is 12.3. The first-order chi connectivity index (χ1) is 17.0. The van der Waals surface area contributed by atoms with Crippen LogP contribution in [0.2, 0.25) is 0 Å². The Balaban J connectivity index is -0.000000524. The fourth-order valence-electron chi connectivity index (χ4n) is 1.74. The van der Waals surface area contributed by atoms with E-state index in [4.69, 9.17) is 35.7 Å². The zero-order valence-corrected chi connectivity index (χ0v) is 21.7. The number of rotatable bonds is 11. The van der Waals surface area contributed by atoms with Crippen LogP contribution in [0.5, 0.6) is 0 Å². The Bertz CT molecular complexity index is 660. The van der Waals surface area contributed by atoms with E-state index in [9.17, 15) is 35.9 Å². The van der Waals surface area contributed by atoms with Crippen molar-refractivity contribution in [1.82, 2.24) is 0 Å². The fraction of sp³-hybridized carbons (Fsp3) is 0.905. The SMILES string of the molecule is CCC(CO)(CO)CO.CCC(CO)(CO)COC(=O)C(C)(O)C(F)(F)F.COC(=O)C(C)(O)C(F)(F)F. The van der Waals surface area contributed by atoms with Crippen molar-refractivity contribution >= 4 is 11.9 Å². The van der Waals surface area contributed by atoms with Gasteiger partial charge in [0.05, 0.1) is 45.6 Å². The zero-order chi connectivity index (χ0) is 31.2. The second kappa shape index (κ2) is 16.4. The van der Waals surface area contributed by atoms with Crippen LogP contribution in [0.4, 0.5) is 26.3 Å². The normalized spacial score (nSPS) is 15.5. The van der Waals surface area contributed by atoms with Gasteiger partial charge in [-0.2, -0.15) is 26.3 Å². The molecule has 0 rings (SSSR count). The van der Waals surface area contributed by atoms with Crippen LogP contribution in [0.15, 0.2) is 0 Å². The van der Waals surface area contributed by atoms with E-state index in [0.717, 1.165) is 7.11 Å². The highest BCUT2D eigenvalue weighted by Crippen LogP contribution is 2.32. The van der Waals surface area contributed by atoms with Crippen LogP contribution < -0.4 is 0 Å². The van der Waals surface area contributed by atoms with Gasteiger partial charge in [0.15, 0.2) is 0 Å². The zero-order valence-electron chi connectivity index (χ0n) is 21.7. The maximum Gasteiger partial charge on any atom is 0.427 e. The van der Waals surface area contributed by atoms with E-state index in [-0.39, 0.29) is 33.2 Å². The molecule has 2 atom stereocenters. The summed E-state index contributed by atoms with van der Waals surface area (Å²) in [6.45, 7) is 1.82. The number of hydrogen-bond acceptors (Lipinski definition) is 11. The molecule has 0 aliphatic rings. The van der Waals surface area contributed by atoms with E-state index in [1.54, 1.807) is 6.92 Å². The van der Waals surface area contributed by atoms with Gasteiger partial charge in [0.1, 0.15) is 6.61 Å². The minimum Gasteiger partial charge on any atom is -0.467 e. The molecule has 0 aliphatic heterocycles. The number of carbonyl (C=O) groups is 2. The fourth-order valence-corrected chi connectivity index (χ4v) is 1.74. The molecule has 0 saturated carbocycles. The molecule has 0 heterocycles. The van der Waals surface area contributed by atoms with E-state index >= 15 is 0 Å². The summed E-state index contributed by atoms with van der Waals surface area (Å²) >= 11 is 0. The smallest absolute Gasteiger partial charge is 0.427 e. The lowest BCUT2D eigenvalue weighted by Crippen LogP contribution is -2.51. The minimum absolute atomic E-state index is 0.156. The lowest BCUT2D eigenvalue weighted by Gasteiger charge is -2.30. The molecule has 0 amide bonds. The summed E-state index contributed by atoms with van der Waals surface area (Å²) in [6, 6.07) is 0. The number of aliphatic hydroxyl groups is 7. The highest BCUT2D eigenvalue weighted by Gasteiger charge is 2.58. The van der Waals surface area contributed by atoms with Crippen LogP contribution in [0.1, 0.15) is 40.5 Å². The average Bonchev–Trinajstić information content (AvgIpc) is 2.85. The molecule has 0 aliphatic carbocycles. The third-order valence-corrected chi connectivity index (χ3v) is 5.77. The number of ether oxygens (including phenoxy) is 2. The largest absolute Gasteiger partial charge is 0.467 e. The van der Waals surface area contributed by atoms with Crippen molar-refractivity contribution in [1.29, 1.82) is 0 Å². The molecule has 11 nitrogen and oxygen atoms in total. The van der Waals surface area contributed by atoms with Crippen LogP contribution in [0, 0.1) is 10.8 Å². The number of aliphatic hydroxyl groups excluding tert-OH is 5. The number of halogens is 6. The molecule has 2 unspecified atom stereocenters. The number of hydrogen-bond donors (Lipinski definition) is 7. The lowest BCUT2D eigenvalue weighted by molar-refractivity contribution is -0.258. The van der Waals surface area contributed by atoms with Crippen molar-refractivity contribution in [2.45, 2.75) is 64.1 Å². The Morgan fingerprint density at radius 3 is 1.08 bits per heavy atom. The first-order valence-corrected chi connectivity index (χ1v) is 10.9. The Morgan fingerprint density at radius 2 is 0.921 bits per heavy atom. The molecule has 0 spiro atoms. The summed E-state index contributed by atoms with van der Waals surface area (Å²) in [5.74, 6) is -3.58. The number of esters is 2. The molecule has 17 heteroatoms. The molecule has 0 radical (unpaired) electrons. The van der Waals surface area contributed by atoms with Crippen LogP contribution in [0.25, 0.3) is 0 Å². The van der Waals surface area contributed by atoms with E-state index in [2.05, 4.69) is 9.47 Å². The highest BCUT2D eigenvalue weighted by molar-refractivity contribution is 5.80. The van der Waals surface area contributed by atoms with Gasteiger partial charge in [-0.3, -0.25) is 0 Å². The Hall–Kier alpha value is -1.76. The third kappa shape index (κ3) is 11.5. The van der Waals surface area contributed by atoms with Gasteiger partial charge in [-0.15, -0.1) is 0 Å². The van der Waals surface area contributed by atoms with Gasteiger partial charge in [0, 0.05) is 5.41 Å². The second-order valence-electron chi connectivity index (χ2n) is 8.71. The van der Waals surface area contributed by atoms with Crippen LogP contribution in [-0.4, -0.2) is 118 Å². The Morgan fingerprint density at radius 1 is 0.632 bits per heavy atom. The van der Waals surface area contributed by atoms with Gasteiger partial charge >= 0.3 is 24.3 Å². The standard InChI is InChI=1S/C10H17F3O5.C6H14O3.C5H7F3O3/c1-3-9(4-14,5-15)6-18-7(16)8(2,17)10(11,12)13;1-2-6(3-7,4-8)5-9;1-4(10,3(9)11-2)5(6,7)8/h14-15,17H,3-6H2,1-2H3;7-9H,2-5H2,1H3;10H,1-2H3. The Kier molecular flexibility index (Phi) is 17.5. The molecular weight excluding hydrogens is 542 g/mol. The van der Waals surface area contributed by atoms with Crippen molar-refractivity contribution in [3.8, 4) is 0 Å². The lowest BCUT2D eigenvalue weighted by atomic mass is 9.88. The van der Waals surface area contributed by atoms with Crippen LogP contribution >= 0.6 is 0 Å². The quantitative estimate of drug-likeness (QED) is 0.129. The predicted octanol–water partition coefficient (Wildman–Crippen LogP) is 0.0563. The van der Waals surface area contributed by atoms with E-state index in [1.807, 2.05) is 6.92 Å². The van der Waals surface area contributed by atoms with Crippen molar-refractivity contribution < 1.29 is 81.2 Å². The molecular formula is C21H38F6O11. The van der Waals surface area contributed by atoms with E-state index in [1.165, 1.54) is 0 Å². The average molecular weight is 581 g/mol. The highest BCUT2D eigenvalue weighted by atomic mass is 19.4. The molecule has 0 aromatic heterocycles. The van der Waals surface area contributed by atoms with Crippen molar-refractivity contribution in [2.75, 3.05) is 46.8 Å². The summed E-state index contributed by atoms with van der Waals surface area (Å²) in [6.07, 6.45) is -9.37.